The summed E-state index contributed by atoms with van der Waals surface area (Å²) in [5, 5.41) is 0.746. The van der Waals surface area contributed by atoms with Crippen LogP contribution in [0.25, 0.3) is 0 Å². The highest BCUT2D eigenvalue weighted by atomic mass is 35.5. The van der Waals surface area contributed by atoms with Crippen LogP contribution in [0.15, 0.2) is 24.3 Å². The van der Waals surface area contributed by atoms with Crippen LogP contribution in [0, 0.1) is 0 Å². The molecule has 0 unspecified atom stereocenters. The number of hydrogen-bond acceptors (Lipinski definition) is 0. The van der Waals surface area contributed by atoms with Crippen LogP contribution in [0.5, 0.6) is 0 Å². The van der Waals surface area contributed by atoms with Gasteiger partial charge in [0.2, 0.25) is 0 Å². The van der Waals surface area contributed by atoms with E-state index in [-0.39, 0.29) is 5.41 Å². The van der Waals surface area contributed by atoms with Gasteiger partial charge in [0.25, 0.3) is 0 Å². The number of alkyl halides is 2. The second-order valence-corrected chi connectivity index (χ2v) is 4.32. The van der Waals surface area contributed by atoms with Gasteiger partial charge >= 0.3 is 0 Å². The molecule has 0 atom stereocenters. The molecule has 1 aromatic rings. The van der Waals surface area contributed by atoms with E-state index in [1.165, 1.54) is 0 Å². The first-order valence-electron chi connectivity index (χ1n) is 4.57. The molecule has 0 aromatic heterocycles. The second-order valence-electron chi connectivity index (χ2n) is 3.38. The lowest BCUT2D eigenvalue weighted by molar-refractivity contribution is 0.520. The number of benzene rings is 1. The van der Waals surface area contributed by atoms with Crippen molar-refractivity contribution < 1.29 is 0 Å². The summed E-state index contributed by atoms with van der Waals surface area (Å²) >= 11 is 18.1. The maximum absolute atomic E-state index is 6.13. The third kappa shape index (κ3) is 2.18. The standard InChI is InChI=1S/C11H13Cl3/c1-2-11(7-12,8-13)9-5-3-4-6-10(9)14/h3-6H,2,7-8H2,1H3. The van der Waals surface area contributed by atoms with Gasteiger partial charge in [-0.1, -0.05) is 36.7 Å². The molecule has 0 saturated carbocycles. The monoisotopic (exact) mass is 250 g/mol. The molecule has 0 fully saturated rings. The van der Waals surface area contributed by atoms with Gasteiger partial charge in [-0.15, -0.1) is 23.2 Å². The molecular weight excluding hydrogens is 238 g/mol. The second kappa shape index (κ2) is 5.25. The maximum Gasteiger partial charge on any atom is 0.0444 e. The predicted octanol–water partition coefficient (Wildman–Crippen LogP) is 4.47. The lowest BCUT2D eigenvalue weighted by Gasteiger charge is -2.29. The van der Waals surface area contributed by atoms with Crippen molar-refractivity contribution in [2.45, 2.75) is 18.8 Å². The third-order valence-corrected chi connectivity index (χ3v) is 3.99. The van der Waals surface area contributed by atoms with Gasteiger partial charge < -0.3 is 0 Å². The van der Waals surface area contributed by atoms with Crippen LogP contribution in [0.3, 0.4) is 0 Å². The molecule has 0 N–H and O–H groups in total. The average molecular weight is 252 g/mol. The van der Waals surface area contributed by atoms with Gasteiger partial charge in [0.15, 0.2) is 0 Å². The molecule has 1 aromatic carbocycles. The summed E-state index contributed by atoms with van der Waals surface area (Å²) in [7, 11) is 0. The molecule has 0 aliphatic heterocycles. The van der Waals surface area contributed by atoms with E-state index in [4.69, 9.17) is 34.8 Å². The van der Waals surface area contributed by atoms with Crippen LogP contribution in [0.2, 0.25) is 5.02 Å². The molecule has 0 aliphatic rings. The summed E-state index contributed by atoms with van der Waals surface area (Å²) in [6.45, 7) is 2.08. The topological polar surface area (TPSA) is 0 Å². The first-order chi connectivity index (χ1) is 6.70. The molecule has 14 heavy (non-hydrogen) atoms. The van der Waals surface area contributed by atoms with Gasteiger partial charge in [-0.3, -0.25) is 0 Å². The summed E-state index contributed by atoms with van der Waals surface area (Å²) < 4.78 is 0. The van der Waals surface area contributed by atoms with Crippen molar-refractivity contribution in [2.75, 3.05) is 11.8 Å². The Morgan fingerprint density at radius 1 is 1.14 bits per heavy atom. The van der Waals surface area contributed by atoms with E-state index in [9.17, 15) is 0 Å². The first kappa shape index (κ1) is 12.2. The van der Waals surface area contributed by atoms with E-state index in [1.54, 1.807) is 0 Å². The minimum Gasteiger partial charge on any atom is -0.126 e. The first-order valence-corrected chi connectivity index (χ1v) is 6.02. The molecule has 0 heterocycles. The van der Waals surface area contributed by atoms with Crippen molar-refractivity contribution >= 4 is 34.8 Å². The fourth-order valence-corrected chi connectivity index (χ4v) is 2.74. The molecular formula is C11H13Cl3. The van der Waals surface area contributed by atoms with Crippen molar-refractivity contribution in [1.82, 2.24) is 0 Å². The summed E-state index contributed by atoms with van der Waals surface area (Å²) in [6, 6.07) is 7.75. The summed E-state index contributed by atoms with van der Waals surface area (Å²) in [5.41, 5.74) is 0.857. The Morgan fingerprint density at radius 3 is 2.14 bits per heavy atom. The van der Waals surface area contributed by atoms with E-state index in [2.05, 4.69) is 6.92 Å². The molecule has 1 rings (SSSR count). The maximum atomic E-state index is 6.13. The van der Waals surface area contributed by atoms with E-state index < -0.39 is 0 Å². The van der Waals surface area contributed by atoms with Crippen LogP contribution >= 0.6 is 34.8 Å². The molecule has 78 valence electrons. The Labute approximate surface area is 100 Å². The molecule has 0 radical (unpaired) electrons. The molecule has 0 spiro atoms. The zero-order valence-corrected chi connectivity index (χ0v) is 10.3. The fraction of sp³-hybridized carbons (Fsp3) is 0.455. The molecule has 0 saturated heterocycles. The molecule has 0 bridgehead atoms. The van der Waals surface area contributed by atoms with Gasteiger partial charge in [-0.25, -0.2) is 0 Å². The van der Waals surface area contributed by atoms with E-state index in [0.29, 0.717) is 11.8 Å². The van der Waals surface area contributed by atoms with Crippen LogP contribution in [-0.2, 0) is 5.41 Å². The Kier molecular flexibility index (Phi) is 4.56. The van der Waals surface area contributed by atoms with Crippen molar-refractivity contribution in [1.29, 1.82) is 0 Å². The van der Waals surface area contributed by atoms with Crippen molar-refractivity contribution in [2.24, 2.45) is 0 Å². The van der Waals surface area contributed by atoms with Crippen molar-refractivity contribution in [3.8, 4) is 0 Å². The lowest BCUT2D eigenvalue weighted by atomic mass is 9.82. The smallest absolute Gasteiger partial charge is 0.0444 e. The molecule has 0 nitrogen and oxygen atoms in total. The largest absolute Gasteiger partial charge is 0.126 e. The predicted molar refractivity (Wildman–Crippen MR) is 64.9 cm³/mol. The molecule has 3 heteroatoms. The highest BCUT2D eigenvalue weighted by Gasteiger charge is 2.30. The normalized spacial score (nSPS) is 11.7. The van der Waals surface area contributed by atoms with E-state index in [0.717, 1.165) is 17.0 Å². The number of hydrogen-bond donors (Lipinski definition) is 0. The SMILES string of the molecule is CCC(CCl)(CCl)c1ccccc1Cl. The average Bonchev–Trinajstić information content (AvgIpc) is 2.24. The highest BCUT2D eigenvalue weighted by Crippen LogP contribution is 2.35. The third-order valence-electron chi connectivity index (χ3n) is 2.63. The number of halogens is 3. The van der Waals surface area contributed by atoms with E-state index >= 15 is 0 Å². The Hall–Kier alpha value is 0.0900. The summed E-state index contributed by atoms with van der Waals surface area (Å²) in [4.78, 5) is 0. The van der Waals surface area contributed by atoms with Crippen molar-refractivity contribution in [3.63, 3.8) is 0 Å². The van der Waals surface area contributed by atoms with Crippen LogP contribution in [0.1, 0.15) is 18.9 Å². The highest BCUT2D eigenvalue weighted by molar-refractivity contribution is 6.32. The van der Waals surface area contributed by atoms with E-state index in [1.807, 2.05) is 24.3 Å². The van der Waals surface area contributed by atoms with Crippen LogP contribution in [-0.4, -0.2) is 11.8 Å². The number of rotatable bonds is 4. The van der Waals surface area contributed by atoms with Crippen molar-refractivity contribution in [3.05, 3.63) is 34.9 Å². The van der Waals surface area contributed by atoms with Crippen LogP contribution in [0.4, 0.5) is 0 Å². The van der Waals surface area contributed by atoms with Gasteiger partial charge in [0, 0.05) is 22.2 Å². The molecule has 0 amide bonds. The fourth-order valence-electron chi connectivity index (χ4n) is 1.45. The van der Waals surface area contributed by atoms with Crippen LogP contribution < -0.4 is 0 Å². The quantitative estimate of drug-likeness (QED) is 0.693. The minimum atomic E-state index is -0.193. The summed E-state index contributed by atoms with van der Waals surface area (Å²) in [5.74, 6) is 0.994. The Morgan fingerprint density at radius 2 is 1.71 bits per heavy atom. The van der Waals surface area contributed by atoms with Gasteiger partial charge in [-0.05, 0) is 18.1 Å². The van der Waals surface area contributed by atoms with Gasteiger partial charge in [0.05, 0.1) is 0 Å². The lowest BCUT2D eigenvalue weighted by Crippen LogP contribution is -2.29. The molecule has 0 aliphatic carbocycles. The minimum absolute atomic E-state index is 0.193. The zero-order valence-electron chi connectivity index (χ0n) is 8.06. The summed E-state index contributed by atoms with van der Waals surface area (Å²) in [6.07, 6.45) is 0.893. The Balaban J connectivity index is 3.17. The zero-order chi connectivity index (χ0) is 10.6. The van der Waals surface area contributed by atoms with Gasteiger partial charge in [0.1, 0.15) is 0 Å². The Bertz CT molecular complexity index is 284. The van der Waals surface area contributed by atoms with Gasteiger partial charge in [-0.2, -0.15) is 0 Å².